The molecule has 0 aliphatic heterocycles. The van der Waals surface area contributed by atoms with Gasteiger partial charge in [0.05, 0.1) is 25.0 Å². The molecular weight excluding hydrogens is 244 g/mol. The zero-order chi connectivity index (χ0) is 14.1. The Labute approximate surface area is 113 Å². The molecule has 0 spiro atoms. The Morgan fingerprint density at radius 2 is 2.42 bits per heavy atom. The number of nitrogens with zero attached hydrogens (tertiary/aromatic N) is 3. The molecule has 106 valence electrons. The summed E-state index contributed by atoms with van der Waals surface area (Å²) in [6.45, 7) is 6.93. The lowest BCUT2D eigenvalue weighted by atomic mass is 10.4. The topological polar surface area (TPSA) is 59.4 Å². The number of likely N-dealkylation sites (N-methyl/N-ethyl adjacent to an activating group) is 1. The van der Waals surface area contributed by atoms with Crippen molar-refractivity contribution in [3.8, 4) is 0 Å². The van der Waals surface area contributed by atoms with Gasteiger partial charge in [0.25, 0.3) is 5.56 Å². The standard InChI is InChI=1S/C13H22N4O2/c1-4-5-14-6-7-17-13(18)10-12(11-15-17)16(2)8-9-19-3/h4,10-11,14H,1,5-9H2,2-3H3. The smallest absolute Gasteiger partial charge is 0.268 e. The minimum atomic E-state index is -0.0952. The first-order chi connectivity index (χ1) is 9.19. The fourth-order valence-corrected chi connectivity index (χ4v) is 1.55. The summed E-state index contributed by atoms with van der Waals surface area (Å²) in [6.07, 6.45) is 3.48. The third-order valence-corrected chi connectivity index (χ3v) is 2.72. The van der Waals surface area contributed by atoms with Gasteiger partial charge in [-0.2, -0.15) is 5.10 Å². The van der Waals surface area contributed by atoms with Crippen molar-refractivity contribution in [3.05, 3.63) is 35.3 Å². The Hall–Kier alpha value is -1.66. The summed E-state index contributed by atoms with van der Waals surface area (Å²) in [5.41, 5.74) is 0.708. The van der Waals surface area contributed by atoms with Crippen LogP contribution in [-0.2, 0) is 11.3 Å². The summed E-state index contributed by atoms with van der Waals surface area (Å²) in [4.78, 5) is 13.8. The summed E-state index contributed by atoms with van der Waals surface area (Å²) < 4.78 is 6.45. The van der Waals surface area contributed by atoms with Gasteiger partial charge in [-0.05, 0) is 0 Å². The Bertz CT molecular complexity index is 445. The van der Waals surface area contributed by atoms with Crippen LogP contribution in [0.1, 0.15) is 0 Å². The van der Waals surface area contributed by atoms with Crippen molar-refractivity contribution >= 4 is 5.69 Å². The van der Waals surface area contributed by atoms with Crippen molar-refractivity contribution in [2.45, 2.75) is 6.54 Å². The van der Waals surface area contributed by atoms with Crippen molar-refractivity contribution < 1.29 is 4.74 Å². The van der Waals surface area contributed by atoms with Gasteiger partial charge in [-0.15, -0.1) is 6.58 Å². The molecule has 0 aliphatic rings. The molecule has 0 saturated carbocycles. The van der Waals surface area contributed by atoms with Gasteiger partial charge in [0.15, 0.2) is 0 Å². The van der Waals surface area contributed by atoms with Crippen LogP contribution in [0.5, 0.6) is 0 Å². The zero-order valence-corrected chi connectivity index (χ0v) is 11.6. The van der Waals surface area contributed by atoms with Gasteiger partial charge in [0, 0.05) is 39.9 Å². The van der Waals surface area contributed by atoms with Crippen LogP contribution in [-0.4, -0.2) is 50.2 Å². The van der Waals surface area contributed by atoms with Gasteiger partial charge in [0.1, 0.15) is 0 Å². The van der Waals surface area contributed by atoms with Crippen LogP contribution in [0.25, 0.3) is 0 Å². The molecule has 0 aromatic carbocycles. The average molecular weight is 266 g/mol. The number of nitrogens with one attached hydrogen (secondary N) is 1. The third-order valence-electron chi connectivity index (χ3n) is 2.72. The lowest BCUT2D eigenvalue weighted by Gasteiger charge is -2.18. The lowest BCUT2D eigenvalue weighted by Crippen LogP contribution is -2.30. The van der Waals surface area contributed by atoms with Crippen LogP contribution in [0.4, 0.5) is 5.69 Å². The van der Waals surface area contributed by atoms with E-state index in [2.05, 4.69) is 17.0 Å². The molecule has 1 N–H and O–H groups in total. The highest BCUT2D eigenvalue weighted by molar-refractivity contribution is 5.41. The highest BCUT2D eigenvalue weighted by Gasteiger charge is 2.04. The van der Waals surface area contributed by atoms with E-state index in [1.807, 2.05) is 11.9 Å². The van der Waals surface area contributed by atoms with Gasteiger partial charge in [-0.1, -0.05) is 6.08 Å². The van der Waals surface area contributed by atoms with E-state index in [1.54, 1.807) is 25.4 Å². The molecule has 1 aromatic heterocycles. The number of anilines is 1. The number of hydrogen-bond acceptors (Lipinski definition) is 5. The van der Waals surface area contributed by atoms with Crippen LogP contribution in [0, 0.1) is 0 Å². The quantitative estimate of drug-likeness (QED) is 0.507. The van der Waals surface area contributed by atoms with Gasteiger partial charge in [-0.3, -0.25) is 4.79 Å². The highest BCUT2D eigenvalue weighted by atomic mass is 16.5. The summed E-state index contributed by atoms with van der Waals surface area (Å²) >= 11 is 0. The second-order valence-corrected chi connectivity index (χ2v) is 4.18. The fraction of sp³-hybridized carbons (Fsp3) is 0.538. The van der Waals surface area contributed by atoms with Crippen molar-refractivity contribution in [2.75, 3.05) is 45.3 Å². The van der Waals surface area contributed by atoms with E-state index in [0.717, 1.165) is 18.8 Å². The van der Waals surface area contributed by atoms with Gasteiger partial charge in [0.2, 0.25) is 0 Å². The summed E-state index contributed by atoms with van der Waals surface area (Å²) in [5.74, 6) is 0. The number of hydrogen-bond donors (Lipinski definition) is 1. The van der Waals surface area contributed by atoms with E-state index in [0.29, 0.717) is 19.7 Å². The lowest BCUT2D eigenvalue weighted by molar-refractivity contribution is 0.206. The van der Waals surface area contributed by atoms with E-state index in [-0.39, 0.29) is 5.56 Å². The van der Waals surface area contributed by atoms with Gasteiger partial charge in [-0.25, -0.2) is 4.68 Å². The molecule has 0 radical (unpaired) electrons. The first-order valence-electron chi connectivity index (χ1n) is 6.28. The molecule has 6 heteroatoms. The van der Waals surface area contributed by atoms with E-state index >= 15 is 0 Å². The first kappa shape index (κ1) is 15.4. The predicted octanol–water partition coefficient (Wildman–Crippen LogP) is 0.102. The molecule has 1 aromatic rings. The molecule has 6 nitrogen and oxygen atoms in total. The molecule has 1 rings (SSSR count). The molecule has 1 heterocycles. The zero-order valence-electron chi connectivity index (χ0n) is 11.6. The summed E-state index contributed by atoms with van der Waals surface area (Å²) in [7, 11) is 3.56. The molecule has 0 aliphatic carbocycles. The third kappa shape index (κ3) is 5.23. The maximum atomic E-state index is 11.9. The van der Waals surface area contributed by atoms with Crippen molar-refractivity contribution in [3.63, 3.8) is 0 Å². The summed E-state index contributed by atoms with van der Waals surface area (Å²) in [6, 6.07) is 1.59. The Kier molecular flexibility index (Phi) is 6.84. The molecule has 0 saturated heterocycles. The normalized spacial score (nSPS) is 10.4. The van der Waals surface area contributed by atoms with E-state index in [1.165, 1.54) is 4.68 Å². The predicted molar refractivity (Wildman–Crippen MR) is 76.7 cm³/mol. The maximum Gasteiger partial charge on any atom is 0.268 e. The van der Waals surface area contributed by atoms with Crippen LogP contribution in [0.2, 0.25) is 0 Å². The molecular formula is C13H22N4O2. The minimum Gasteiger partial charge on any atom is -0.383 e. The first-order valence-corrected chi connectivity index (χ1v) is 6.28. The van der Waals surface area contributed by atoms with Crippen LogP contribution in [0.15, 0.2) is 29.7 Å². The number of aromatic nitrogens is 2. The fourth-order valence-electron chi connectivity index (χ4n) is 1.55. The van der Waals surface area contributed by atoms with E-state index in [4.69, 9.17) is 4.74 Å². The Balaban J connectivity index is 2.58. The highest BCUT2D eigenvalue weighted by Crippen LogP contribution is 2.05. The molecule has 19 heavy (non-hydrogen) atoms. The minimum absolute atomic E-state index is 0.0952. The SMILES string of the molecule is C=CCNCCn1ncc(N(C)CCOC)cc1=O. The van der Waals surface area contributed by atoms with Crippen molar-refractivity contribution in [1.29, 1.82) is 0 Å². The summed E-state index contributed by atoms with van der Waals surface area (Å²) in [5, 5.41) is 7.29. The second-order valence-electron chi connectivity index (χ2n) is 4.18. The van der Waals surface area contributed by atoms with E-state index in [9.17, 15) is 4.79 Å². The second kappa shape index (κ2) is 8.44. The van der Waals surface area contributed by atoms with Gasteiger partial charge >= 0.3 is 0 Å². The monoisotopic (exact) mass is 266 g/mol. The Morgan fingerprint density at radius 3 is 3.05 bits per heavy atom. The molecule has 0 atom stereocenters. The number of ether oxygens (including phenoxy) is 1. The van der Waals surface area contributed by atoms with Crippen molar-refractivity contribution in [2.24, 2.45) is 0 Å². The molecule has 0 bridgehead atoms. The average Bonchev–Trinajstić information content (AvgIpc) is 2.42. The maximum absolute atomic E-state index is 11.9. The van der Waals surface area contributed by atoms with E-state index < -0.39 is 0 Å². The van der Waals surface area contributed by atoms with Gasteiger partial charge < -0.3 is 15.0 Å². The molecule has 0 amide bonds. The van der Waals surface area contributed by atoms with Crippen molar-refractivity contribution in [1.82, 2.24) is 15.1 Å². The molecule has 0 fully saturated rings. The largest absolute Gasteiger partial charge is 0.383 e. The van der Waals surface area contributed by atoms with Crippen LogP contribution < -0.4 is 15.8 Å². The van der Waals surface area contributed by atoms with Crippen LogP contribution >= 0.6 is 0 Å². The Morgan fingerprint density at radius 1 is 1.63 bits per heavy atom. The number of rotatable bonds is 9. The number of methoxy groups -OCH3 is 1. The van der Waals surface area contributed by atoms with Crippen LogP contribution in [0.3, 0.4) is 0 Å². The molecule has 0 unspecified atom stereocenters.